The molecule has 0 aliphatic heterocycles. The van der Waals surface area contributed by atoms with E-state index in [0.717, 1.165) is 12.5 Å². The fourth-order valence-corrected chi connectivity index (χ4v) is 1.24. The van der Waals surface area contributed by atoms with Gasteiger partial charge >= 0.3 is 5.97 Å². The average Bonchev–Trinajstić information content (AvgIpc) is 2.50. The molecule has 1 aromatic heterocycles. The summed E-state index contributed by atoms with van der Waals surface area (Å²) in [4.78, 5) is 14.5. The Hall–Kier alpha value is -1.52. The smallest absolute Gasteiger partial charge is 0.305 e. The van der Waals surface area contributed by atoms with E-state index in [0.29, 0.717) is 0 Å². The standard InChI is InChI=1S/C9H15N3O2/c1-3-12-5-4-10-9(12)11-7(2)6-8(13)14/h4-5,7H,3,6H2,1-2H3,(H,10,11)(H,13,14). The molecule has 5 heteroatoms. The van der Waals surface area contributed by atoms with Crippen LogP contribution in [0, 0.1) is 0 Å². The molecule has 0 saturated heterocycles. The number of carboxylic acid groups (broad SMARTS) is 1. The highest BCUT2D eigenvalue weighted by atomic mass is 16.4. The third-order valence-electron chi connectivity index (χ3n) is 1.91. The van der Waals surface area contributed by atoms with Crippen LogP contribution in [0.2, 0.25) is 0 Å². The molecule has 78 valence electrons. The Morgan fingerprint density at radius 2 is 2.50 bits per heavy atom. The van der Waals surface area contributed by atoms with Gasteiger partial charge in [-0.25, -0.2) is 4.98 Å². The van der Waals surface area contributed by atoms with Gasteiger partial charge in [-0.1, -0.05) is 0 Å². The van der Waals surface area contributed by atoms with Gasteiger partial charge in [0.15, 0.2) is 0 Å². The third kappa shape index (κ3) is 2.76. The minimum absolute atomic E-state index is 0.0938. The van der Waals surface area contributed by atoms with Gasteiger partial charge in [0.1, 0.15) is 0 Å². The summed E-state index contributed by atoms with van der Waals surface area (Å²) >= 11 is 0. The van der Waals surface area contributed by atoms with Gasteiger partial charge in [0.05, 0.1) is 6.42 Å². The summed E-state index contributed by atoms with van der Waals surface area (Å²) in [5.41, 5.74) is 0. The maximum Gasteiger partial charge on any atom is 0.305 e. The molecule has 1 aromatic rings. The molecule has 0 radical (unpaired) electrons. The molecule has 0 spiro atoms. The molecule has 0 saturated carbocycles. The zero-order valence-corrected chi connectivity index (χ0v) is 8.40. The lowest BCUT2D eigenvalue weighted by Crippen LogP contribution is -2.21. The second-order valence-electron chi connectivity index (χ2n) is 3.18. The number of carboxylic acids is 1. The highest BCUT2D eigenvalue weighted by Crippen LogP contribution is 2.07. The van der Waals surface area contributed by atoms with E-state index in [1.54, 1.807) is 6.20 Å². The van der Waals surface area contributed by atoms with Gasteiger partial charge in [-0.05, 0) is 13.8 Å². The maximum atomic E-state index is 10.4. The molecule has 1 rings (SSSR count). The summed E-state index contributed by atoms with van der Waals surface area (Å²) in [6.07, 6.45) is 3.64. The number of aryl methyl sites for hydroxylation is 1. The summed E-state index contributed by atoms with van der Waals surface area (Å²) in [5, 5.41) is 11.6. The number of aromatic nitrogens is 2. The molecule has 14 heavy (non-hydrogen) atoms. The summed E-state index contributed by atoms with van der Waals surface area (Å²) in [6, 6.07) is -0.111. The minimum Gasteiger partial charge on any atom is -0.481 e. The Bertz CT molecular complexity index is 309. The molecule has 0 fully saturated rings. The van der Waals surface area contributed by atoms with Crippen LogP contribution in [0.1, 0.15) is 20.3 Å². The fraction of sp³-hybridized carbons (Fsp3) is 0.556. The first-order chi connectivity index (χ1) is 6.63. The molecule has 0 amide bonds. The van der Waals surface area contributed by atoms with E-state index >= 15 is 0 Å². The Balaban J connectivity index is 2.55. The highest BCUT2D eigenvalue weighted by molar-refractivity contribution is 5.68. The van der Waals surface area contributed by atoms with Crippen LogP contribution in [-0.4, -0.2) is 26.7 Å². The molecule has 1 unspecified atom stereocenters. The second kappa shape index (κ2) is 4.64. The zero-order valence-electron chi connectivity index (χ0n) is 8.40. The van der Waals surface area contributed by atoms with Gasteiger partial charge in [0.25, 0.3) is 0 Å². The van der Waals surface area contributed by atoms with Gasteiger partial charge in [-0.15, -0.1) is 0 Å². The number of imidazole rings is 1. The first kappa shape index (κ1) is 10.6. The van der Waals surface area contributed by atoms with Crippen molar-refractivity contribution in [2.75, 3.05) is 5.32 Å². The minimum atomic E-state index is -0.806. The van der Waals surface area contributed by atoms with Crippen LogP contribution >= 0.6 is 0 Å². The Morgan fingerprint density at radius 3 is 3.07 bits per heavy atom. The SMILES string of the molecule is CCn1ccnc1NC(C)CC(=O)O. The van der Waals surface area contributed by atoms with Crippen LogP contribution in [0.25, 0.3) is 0 Å². The molecule has 1 heterocycles. The van der Waals surface area contributed by atoms with Gasteiger partial charge < -0.3 is 15.0 Å². The molecule has 0 bridgehead atoms. The van der Waals surface area contributed by atoms with Crippen molar-refractivity contribution in [3.8, 4) is 0 Å². The van der Waals surface area contributed by atoms with Crippen LogP contribution in [0.4, 0.5) is 5.95 Å². The first-order valence-electron chi connectivity index (χ1n) is 4.63. The predicted molar refractivity (Wildman–Crippen MR) is 53.2 cm³/mol. The number of hydrogen-bond donors (Lipinski definition) is 2. The number of hydrogen-bond acceptors (Lipinski definition) is 3. The zero-order chi connectivity index (χ0) is 10.6. The predicted octanol–water partition coefficient (Wildman–Crippen LogP) is 1.18. The maximum absolute atomic E-state index is 10.4. The topological polar surface area (TPSA) is 67.2 Å². The van der Waals surface area contributed by atoms with Crippen molar-refractivity contribution in [3.05, 3.63) is 12.4 Å². The molecular weight excluding hydrogens is 182 g/mol. The molecule has 2 N–H and O–H groups in total. The van der Waals surface area contributed by atoms with Crippen molar-refractivity contribution < 1.29 is 9.90 Å². The van der Waals surface area contributed by atoms with Gasteiger partial charge in [-0.2, -0.15) is 0 Å². The highest BCUT2D eigenvalue weighted by Gasteiger charge is 2.09. The quantitative estimate of drug-likeness (QED) is 0.743. The number of rotatable bonds is 5. The van der Waals surface area contributed by atoms with E-state index in [4.69, 9.17) is 5.11 Å². The van der Waals surface area contributed by atoms with Gasteiger partial charge in [0, 0.05) is 25.0 Å². The van der Waals surface area contributed by atoms with Crippen molar-refractivity contribution in [2.24, 2.45) is 0 Å². The van der Waals surface area contributed by atoms with Crippen LogP contribution < -0.4 is 5.32 Å². The van der Waals surface area contributed by atoms with Crippen molar-refractivity contribution >= 4 is 11.9 Å². The number of aliphatic carboxylic acids is 1. The Morgan fingerprint density at radius 1 is 1.79 bits per heavy atom. The monoisotopic (exact) mass is 197 g/mol. The summed E-state index contributed by atoms with van der Waals surface area (Å²) in [7, 11) is 0. The number of anilines is 1. The van der Waals surface area contributed by atoms with E-state index < -0.39 is 5.97 Å². The van der Waals surface area contributed by atoms with Crippen LogP contribution in [0.3, 0.4) is 0 Å². The molecule has 1 atom stereocenters. The first-order valence-corrected chi connectivity index (χ1v) is 4.63. The summed E-state index contributed by atoms with van der Waals surface area (Å²) in [5.74, 6) is -0.0825. The third-order valence-corrected chi connectivity index (χ3v) is 1.91. The number of carbonyl (C=O) groups is 1. The largest absolute Gasteiger partial charge is 0.481 e. The van der Waals surface area contributed by atoms with E-state index in [1.807, 2.05) is 24.6 Å². The normalized spacial score (nSPS) is 12.4. The summed E-state index contributed by atoms with van der Waals surface area (Å²) in [6.45, 7) is 4.65. The van der Waals surface area contributed by atoms with Crippen LogP contribution in [-0.2, 0) is 11.3 Å². The molecule has 0 aliphatic rings. The van der Waals surface area contributed by atoms with Gasteiger partial charge in [0.2, 0.25) is 5.95 Å². The van der Waals surface area contributed by atoms with Crippen molar-refractivity contribution in [1.29, 1.82) is 0 Å². The number of nitrogens with one attached hydrogen (secondary N) is 1. The van der Waals surface area contributed by atoms with E-state index in [2.05, 4.69) is 10.3 Å². The molecule has 5 nitrogen and oxygen atoms in total. The van der Waals surface area contributed by atoms with E-state index in [-0.39, 0.29) is 12.5 Å². The molecular formula is C9H15N3O2. The lowest BCUT2D eigenvalue weighted by atomic mass is 10.2. The summed E-state index contributed by atoms with van der Waals surface area (Å²) < 4.78 is 1.93. The average molecular weight is 197 g/mol. The van der Waals surface area contributed by atoms with Gasteiger partial charge in [-0.3, -0.25) is 4.79 Å². The second-order valence-corrected chi connectivity index (χ2v) is 3.18. The lowest BCUT2D eigenvalue weighted by Gasteiger charge is -2.13. The van der Waals surface area contributed by atoms with Crippen LogP contribution in [0.5, 0.6) is 0 Å². The molecule has 0 aromatic carbocycles. The lowest BCUT2D eigenvalue weighted by molar-refractivity contribution is -0.137. The van der Waals surface area contributed by atoms with Crippen LogP contribution in [0.15, 0.2) is 12.4 Å². The molecule has 0 aliphatic carbocycles. The van der Waals surface area contributed by atoms with E-state index in [9.17, 15) is 4.79 Å². The number of nitrogens with zero attached hydrogens (tertiary/aromatic N) is 2. The van der Waals surface area contributed by atoms with E-state index in [1.165, 1.54) is 0 Å². The fourth-order valence-electron chi connectivity index (χ4n) is 1.24. The Labute approximate surface area is 82.8 Å². The van der Waals surface area contributed by atoms with Crippen molar-refractivity contribution in [1.82, 2.24) is 9.55 Å². The van der Waals surface area contributed by atoms with Crippen molar-refractivity contribution in [2.45, 2.75) is 32.9 Å². The Kier molecular flexibility index (Phi) is 3.50. The van der Waals surface area contributed by atoms with Crippen molar-refractivity contribution in [3.63, 3.8) is 0 Å².